The van der Waals surface area contributed by atoms with Gasteiger partial charge in [0.2, 0.25) is 0 Å². The van der Waals surface area contributed by atoms with Gasteiger partial charge in [0.25, 0.3) is 0 Å². The Kier molecular flexibility index (Phi) is 1.24. The predicted octanol–water partition coefficient (Wildman–Crippen LogP) is 1.99. The van der Waals surface area contributed by atoms with Crippen molar-refractivity contribution in [3.63, 3.8) is 0 Å². The molecular formula is C6H7O2. The molecule has 1 heterocycles. The summed E-state index contributed by atoms with van der Waals surface area (Å²) in [4.78, 5) is 0. The van der Waals surface area contributed by atoms with Crippen molar-refractivity contribution < 1.29 is 9.52 Å². The van der Waals surface area contributed by atoms with Crippen LogP contribution in [0.25, 0.3) is 0 Å². The van der Waals surface area contributed by atoms with Crippen LogP contribution in [0.3, 0.4) is 0 Å². The van der Waals surface area contributed by atoms with Crippen LogP contribution >= 0.6 is 0 Å². The van der Waals surface area contributed by atoms with Gasteiger partial charge in [0, 0.05) is 5.56 Å². The summed E-state index contributed by atoms with van der Waals surface area (Å²) < 4.78 is 4.50. The van der Waals surface area contributed by atoms with Gasteiger partial charge in [-0.25, -0.2) is 5.11 Å². The smallest absolute Gasteiger partial charge is 0.338 e. The Balaban J connectivity index is 2.92. The highest BCUT2D eigenvalue weighted by Gasteiger charge is 2.00. The minimum Gasteiger partial charge on any atom is -0.431 e. The number of furan rings is 1. The third kappa shape index (κ3) is 0.689. The first-order valence-corrected chi connectivity index (χ1v) is 2.58. The second-order valence-corrected chi connectivity index (χ2v) is 1.59. The Morgan fingerprint density at radius 3 is 2.75 bits per heavy atom. The average molecular weight is 111 g/mol. The summed E-state index contributed by atoms with van der Waals surface area (Å²) >= 11 is 0. The fourth-order valence-corrected chi connectivity index (χ4v) is 0.584. The second-order valence-electron chi connectivity index (χ2n) is 1.59. The van der Waals surface area contributed by atoms with E-state index < -0.39 is 0 Å². The van der Waals surface area contributed by atoms with Crippen molar-refractivity contribution >= 4 is 0 Å². The molecule has 0 aliphatic heterocycles. The molecule has 0 spiro atoms. The van der Waals surface area contributed by atoms with Crippen LogP contribution in [0, 0.1) is 0 Å². The maximum Gasteiger partial charge on any atom is 0.338 e. The van der Waals surface area contributed by atoms with E-state index in [0.717, 1.165) is 12.0 Å². The summed E-state index contributed by atoms with van der Waals surface area (Å²) in [6.07, 6.45) is 2.18. The summed E-state index contributed by atoms with van der Waals surface area (Å²) in [6, 6.07) is 1.70. The molecule has 1 radical (unpaired) electrons. The van der Waals surface area contributed by atoms with Gasteiger partial charge < -0.3 is 4.42 Å². The number of aryl methyl sites for hydroxylation is 1. The lowest BCUT2D eigenvalue weighted by Crippen LogP contribution is -1.69. The summed E-state index contributed by atoms with van der Waals surface area (Å²) in [5.41, 5.74) is 0.755. The van der Waals surface area contributed by atoms with Crippen LogP contribution in [-0.4, -0.2) is 0 Å². The van der Waals surface area contributed by atoms with Gasteiger partial charge in [0.05, 0.1) is 6.26 Å². The Hall–Kier alpha value is -0.920. The maximum atomic E-state index is 10.5. The summed E-state index contributed by atoms with van der Waals surface area (Å²) in [7, 11) is 0. The molecule has 0 N–H and O–H groups in total. The standard InChI is InChI=1S/C6H7O2/c1-2-5-3-4-8-6(5)7/h3-4H,2H2,1H3. The van der Waals surface area contributed by atoms with E-state index in [1.54, 1.807) is 6.07 Å². The molecule has 0 saturated carbocycles. The van der Waals surface area contributed by atoms with E-state index in [9.17, 15) is 5.11 Å². The van der Waals surface area contributed by atoms with Crippen molar-refractivity contribution in [2.75, 3.05) is 0 Å². The van der Waals surface area contributed by atoms with Gasteiger partial charge in [-0.1, -0.05) is 6.92 Å². The lowest BCUT2D eigenvalue weighted by molar-refractivity contribution is 0.248. The minimum atomic E-state index is -0.201. The molecule has 0 atom stereocenters. The lowest BCUT2D eigenvalue weighted by atomic mass is 10.3. The molecule has 0 aliphatic rings. The molecule has 2 heteroatoms. The summed E-state index contributed by atoms with van der Waals surface area (Å²) in [5.74, 6) is -0.201. The highest BCUT2D eigenvalue weighted by molar-refractivity contribution is 5.19. The van der Waals surface area contributed by atoms with Gasteiger partial charge in [-0.3, -0.25) is 0 Å². The first-order chi connectivity index (χ1) is 3.84. The molecule has 43 valence electrons. The molecule has 1 rings (SSSR count). The first kappa shape index (κ1) is 5.22. The summed E-state index contributed by atoms with van der Waals surface area (Å²) in [6.45, 7) is 1.92. The van der Waals surface area contributed by atoms with E-state index in [4.69, 9.17) is 0 Å². The zero-order valence-electron chi connectivity index (χ0n) is 4.68. The molecule has 2 nitrogen and oxygen atoms in total. The first-order valence-electron chi connectivity index (χ1n) is 2.58. The van der Waals surface area contributed by atoms with Crippen LogP contribution in [0.5, 0.6) is 5.95 Å². The van der Waals surface area contributed by atoms with Crippen molar-refractivity contribution in [3.8, 4) is 5.95 Å². The SMILES string of the molecule is CCc1ccoc1[O]. The maximum absolute atomic E-state index is 10.5. The highest BCUT2D eigenvalue weighted by atomic mass is 16.5. The zero-order chi connectivity index (χ0) is 5.98. The minimum absolute atomic E-state index is 0.201. The number of rotatable bonds is 1. The molecule has 1 aromatic heterocycles. The average Bonchev–Trinajstić information content (AvgIpc) is 2.14. The highest BCUT2D eigenvalue weighted by Crippen LogP contribution is 2.17. The second kappa shape index (κ2) is 1.90. The van der Waals surface area contributed by atoms with Crippen LogP contribution in [0.1, 0.15) is 12.5 Å². The normalized spacial score (nSPS) is 9.62. The third-order valence-electron chi connectivity index (χ3n) is 1.09. The van der Waals surface area contributed by atoms with Crippen LogP contribution in [0.2, 0.25) is 0 Å². The van der Waals surface area contributed by atoms with E-state index >= 15 is 0 Å². The zero-order valence-corrected chi connectivity index (χ0v) is 4.68. The van der Waals surface area contributed by atoms with Gasteiger partial charge in [-0.15, -0.1) is 0 Å². The Bertz CT molecular complexity index is 167. The van der Waals surface area contributed by atoms with Crippen molar-refractivity contribution in [2.24, 2.45) is 0 Å². The summed E-state index contributed by atoms with van der Waals surface area (Å²) in [5, 5.41) is 10.5. The molecule has 1 aromatic rings. The van der Waals surface area contributed by atoms with Crippen molar-refractivity contribution in [2.45, 2.75) is 13.3 Å². The number of hydrogen-bond donors (Lipinski definition) is 0. The molecule has 0 saturated heterocycles. The largest absolute Gasteiger partial charge is 0.431 e. The lowest BCUT2D eigenvalue weighted by Gasteiger charge is -1.81. The van der Waals surface area contributed by atoms with E-state index in [1.807, 2.05) is 6.92 Å². The van der Waals surface area contributed by atoms with Gasteiger partial charge in [0.1, 0.15) is 0 Å². The van der Waals surface area contributed by atoms with Gasteiger partial charge in [-0.05, 0) is 12.5 Å². The van der Waals surface area contributed by atoms with Crippen molar-refractivity contribution in [1.29, 1.82) is 0 Å². The van der Waals surface area contributed by atoms with Gasteiger partial charge >= 0.3 is 5.95 Å². The molecule has 0 unspecified atom stereocenters. The van der Waals surface area contributed by atoms with E-state index in [2.05, 4.69) is 4.42 Å². The molecule has 0 aromatic carbocycles. The van der Waals surface area contributed by atoms with E-state index in [1.165, 1.54) is 6.26 Å². The Morgan fingerprint density at radius 2 is 2.50 bits per heavy atom. The fraction of sp³-hybridized carbons (Fsp3) is 0.333. The van der Waals surface area contributed by atoms with Gasteiger partial charge in [0.15, 0.2) is 0 Å². The topological polar surface area (TPSA) is 33.0 Å². The Morgan fingerprint density at radius 1 is 1.75 bits per heavy atom. The molecular weight excluding hydrogens is 104 g/mol. The molecule has 0 fully saturated rings. The molecule has 0 bridgehead atoms. The van der Waals surface area contributed by atoms with Crippen LogP contribution in [0.15, 0.2) is 16.7 Å². The molecule has 0 aliphatic carbocycles. The fourth-order valence-electron chi connectivity index (χ4n) is 0.584. The van der Waals surface area contributed by atoms with Crippen molar-refractivity contribution in [1.82, 2.24) is 0 Å². The Labute approximate surface area is 47.7 Å². The molecule has 8 heavy (non-hydrogen) atoms. The monoisotopic (exact) mass is 111 g/mol. The van der Waals surface area contributed by atoms with Gasteiger partial charge in [-0.2, -0.15) is 0 Å². The third-order valence-corrected chi connectivity index (χ3v) is 1.09. The van der Waals surface area contributed by atoms with Crippen LogP contribution in [-0.2, 0) is 11.5 Å². The quantitative estimate of drug-likeness (QED) is 0.545. The number of hydrogen-bond acceptors (Lipinski definition) is 1. The van der Waals surface area contributed by atoms with E-state index in [0.29, 0.717) is 0 Å². The van der Waals surface area contributed by atoms with E-state index in [-0.39, 0.29) is 5.95 Å². The van der Waals surface area contributed by atoms with Crippen molar-refractivity contribution in [3.05, 3.63) is 17.9 Å². The molecule has 0 amide bonds. The predicted molar refractivity (Wildman–Crippen MR) is 28.2 cm³/mol. The van der Waals surface area contributed by atoms with Crippen LogP contribution < -0.4 is 0 Å². The van der Waals surface area contributed by atoms with Crippen LogP contribution in [0.4, 0.5) is 0 Å².